The second kappa shape index (κ2) is 31.3. The van der Waals surface area contributed by atoms with E-state index in [-0.39, 0.29) is 18.2 Å². The molecule has 0 bridgehead atoms. The van der Waals surface area contributed by atoms with Crippen LogP contribution in [0.1, 0.15) is 102 Å². The molecule has 234 valence electrons. The number of aliphatic imine (C=N–C) groups is 2. The summed E-state index contributed by atoms with van der Waals surface area (Å²) in [6.07, 6.45) is 16.6. The lowest BCUT2D eigenvalue weighted by Gasteiger charge is -2.13. The third kappa shape index (κ3) is 22.1. The molecule has 1 aromatic rings. The third-order valence-corrected chi connectivity index (χ3v) is 5.82. The van der Waals surface area contributed by atoms with E-state index < -0.39 is 0 Å². The molecule has 7 heteroatoms. The number of amides is 1. The van der Waals surface area contributed by atoms with Gasteiger partial charge in [0.2, 0.25) is 5.91 Å². The Hall–Kier alpha value is -3.27. The van der Waals surface area contributed by atoms with Gasteiger partial charge in [-0.15, -0.1) is 12.8 Å². The number of rotatable bonds is 8. The highest BCUT2D eigenvalue weighted by molar-refractivity contribution is 6.15. The van der Waals surface area contributed by atoms with Crippen LogP contribution in [-0.2, 0) is 9.59 Å². The molecule has 1 amide bonds. The molecule has 2 rings (SSSR count). The van der Waals surface area contributed by atoms with E-state index >= 15 is 0 Å². The Morgan fingerprint density at radius 3 is 2.20 bits per heavy atom. The van der Waals surface area contributed by atoms with E-state index in [9.17, 15) is 9.59 Å². The standard InChI is InChI=1S/C12H20N2O.C9H10N2O2.C7H16.2C2H6.C2H2/c1-5-7-12(15)9-14-10(3)11(6-2)8-13-4;1-11-8(12)4-6-13-7-3-2-5-10-9(7)11;1-5-7(4)6(2)3;3*1-2/h6,8H,5,7,9H2,1-4H3;2-3,5H,4,6H2,1H3;6-7H,5H2,1-4H3;2*1-2H3;1-2H/b11-6-,13-8?,14-10?;;;;;. The van der Waals surface area contributed by atoms with Crippen molar-refractivity contribution in [1.82, 2.24) is 4.98 Å². The fourth-order valence-electron chi connectivity index (χ4n) is 2.92. The summed E-state index contributed by atoms with van der Waals surface area (Å²) in [6, 6.07) is 3.61. The van der Waals surface area contributed by atoms with Crippen LogP contribution in [0, 0.1) is 24.7 Å². The Bertz CT molecular complexity index is 902. The molecule has 1 aliphatic rings. The summed E-state index contributed by atoms with van der Waals surface area (Å²) in [5.74, 6) is 3.28. The second-order valence-corrected chi connectivity index (χ2v) is 8.83. The van der Waals surface area contributed by atoms with Crippen molar-refractivity contribution in [2.75, 3.05) is 32.1 Å². The van der Waals surface area contributed by atoms with E-state index in [0.717, 1.165) is 29.5 Å². The Morgan fingerprint density at radius 2 is 1.76 bits per heavy atom. The van der Waals surface area contributed by atoms with Crippen molar-refractivity contribution in [1.29, 1.82) is 0 Å². The molecule has 0 aliphatic carbocycles. The minimum absolute atomic E-state index is 0.0393. The monoisotopic (exact) mass is 572 g/mol. The van der Waals surface area contributed by atoms with Gasteiger partial charge in [0.15, 0.2) is 17.4 Å². The summed E-state index contributed by atoms with van der Waals surface area (Å²) in [5.41, 5.74) is 1.84. The van der Waals surface area contributed by atoms with Crippen LogP contribution >= 0.6 is 0 Å². The number of anilines is 1. The quantitative estimate of drug-likeness (QED) is 0.232. The molecule has 0 fully saturated rings. The lowest BCUT2D eigenvalue weighted by Crippen LogP contribution is -2.25. The molecule has 0 spiro atoms. The van der Waals surface area contributed by atoms with Gasteiger partial charge in [-0.3, -0.25) is 24.5 Å². The fraction of sp³-hybridized carbons (Fsp3) is 0.618. The molecule has 41 heavy (non-hydrogen) atoms. The molecule has 0 saturated heterocycles. The predicted molar refractivity (Wildman–Crippen MR) is 181 cm³/mol. The number of fused-ring (bicyclic) bond motifs is 1. The zero-order valence-electron chi connectivity index (χ0n) is 28.5. The highest BCUT2D eigenvalue weighted by atomic mass is 16.5. The van der Waals surface area contributed by atoms with E-state index in [2.05, 4.69) is 55.5 Å². The van der Waals surface area contributed by atoms with Crippen LogP contribution in [0.25, 0.3) is 0 Å². The number of allylic oxidation sites excluding steroid dienone is 2. The van der Waals surface area contributed by atoms with Gasteiger partial charge >= 0.3 is 0 Å². The van der Waals surface area contributed by atoms with Gasteiger partial charge in [-0.2, -0.15) is 0 Å². The Kier molecular flexibility index (Phi) is 34.1. The molecule has 1 aliphatic heterocycles. The van der Waals surface area contributed by atoms with Crippen molar-refractivity contribution in [2.24, 2.45) is 21.8 Å². The maximum Gasteiger partial charge on any atom is 0.231 e. The number of nitrogens with zero attached hydrogens (tertiary/aromatic N) is 4. The number of carbonyl (C=O) groups excluding carboxylic acids is 2. The van der Waals surface area contributed by atoms with Crippen LogP contribution in [0.4, 0.5) is 5.82 Å². The summed E-state index contributed by atoms with van der Waals surface area (Å²) in [6.45, 7) is 23.6. The number of aromatic nitrogens is 1. The van der Waals surface area contributed by atoms with E-state index in [4.69, 9.17) is 4.74 Å². The van der Waals surface area contributed by atoms with Gasteiger partial charge in [0.25, 0.3) is 0 Å². The average molecular weight is 573 g/mol. The van der Waals surface area contributed by atoms with E-state index in [1.807, 2.05) is 60.6 Å². The lowest BCUT2D eigenvalue weighted by atomic mass is 9.96. The number of carbonyl (C=O) groups is 2. The number of ketones is 1. The average Bonchev–Trinajstić information content (AvgIpc) is 3.15. The minimum atomic E-state index is 0.0393. The maximum absolute atomic E-state index is 11.4. The summed E-state index contributed by atoms with van der Waals surface area (Å²) in [7, 11) is 3.43. The molecule has 2 heterocycles. The van der Waals surface area contributed by atoms with Crippen molar-refractivity contribution < 1.29 is 14.3 Å². The fourth-order valence-corrected chi connectivity index (χ4v) is 2.92. The van der Waals surface area contributed by atoms with Crippen molar-refractivity contribution in [3.05, 3.63) is 30.0 Å². The van der Waals surface area contributed by atoms with Crippen LogP contribution in [0.5, 0.6) is 5.75 Å². The Labute approximate surface area is 253 Å². The first kappa shape index (κ1) is 44.7. The van der Waals surface area contributed by atoms with E-state index in [1.165, 1.54) is 11.3 Å². The summed E-state index contributed by atoms with van der Waals surface area (Å²) < 4.78 is 5.36. The molecule has 7 nitrogen and oxygen atoms in total. The van der Waals surface area contributed by atoms with Crippen LogP contribution in [0.15, 0.2) is 40.0 Å². The minimum Gasteiger partial charge on any atom is -0.489 e. The van der Waals surface area contributed by atoms with Crippen molar-refractivity contribution in [2.45, 2.75) is 102 Å². The SMILES string of the molecule is C#C.C/C=C(/C=NC)C(C)=NCC(=O)CCC.CC.CC.CCC(C)C(C)C.CN1C(=O)CCOc2cccnc21. The van der Waals surface area contributed by atoms with Crippen molar-refractivity contribution in [3.63, 3.8) is 0 Å². The van der Waals surface area contributed by atoms with Crippen molar-refractivity contribution >= 4 is 29.4 Å². The zero-order valence-corrected chi connectivity index (χ0v) is 28.5. The largest absolute Gasteiger partial charge is 0.489 e. The summed E-state index contributed by atoms with van der Waals surface area (Å²) in [5, 5.41) is 0. The number of terminal acetylenes is 1. The first-order valence-electron chi connectivity index (χ1n) is 14.9. The molecule has 1 aromatic heterocycles. The second-order valence-electron chi connectivity index (χ2n) is 8.83. The van der Waals surface area contributed by atoms with Crippen LogP contribution in [-0.4, -0.2) is 55.8 Å². The van der Waals surface area contributed by atoms with Crippen LogP contribution in [0.2, 0.25) is 0 Å². The van der Waals surface area contributed by atoms with Gasteiger partial charge in [0.05, 0.1) is 19.6 Å². The molecule has 0 N–H and O–H groups in total. The summed E-state index contributed by atoms with van der Waals surface area (Å²) in [4.78, 5) is 36.4. The van der Waals surface area contributed by atoms with E-state index in [0.29, 0.717) is 31.0 Å². The smallest absolute Gasteiger partial charge is 0.231 e. The van der Waals surface area contributed by atoms with Gasteiger partial charge < -0.3 is 4.74 Å². The predicted octanol–water partition coefficient (Wildman–Crippen LogP) is 8.28. The normalized spacial score (nSPS) is 13.0. The number of Topliss-reactive ketones (excluding diaryl/α,β-unsaturated/α-hetero) is 1. The van der Waals surface area contributed by atoms with Gasteiger partial charge in [0.1, 0.15) is 0 Å². The first-order chi connectivity index (χ1) is 19.6. The molecular formula is C34H60N4O3. The van der Waals surface area contributed by atoms with Gasteiger partial charge in [-0.1, -0.05) is 74.8 Å². The molecule has 0 saturated carbocycles. The molecule has 1 atom stereocenters. The number of ether oxygens (including phenoxy) is 1. The van der Waals surface area contributed by atoms with E-state index in [1.54, 1.807) is 32.6 Å². The first-order valence-corrected chi connectivity index (χ1v) is 14.9. The van der Waals surface area contributed by atoms with Gasteiger partial charge in [0, 0.05) is 44.2 Å². The molecule has 0 aromatic carbocycles. The van der Waals surface area contributed by atoms with Gasteiger partial charge in [-0.25, -0.2) is 4.98 Å². The Balaban J connectivity index is -0.000000239. The van der Waals surface area contributed by atoms with Gasteiger partial charge in [-0.05, 0) is 44.2 Å². The third-order valence-electron chi connectivity index (χ3n) is 5.82. The number of hydrogen-bond donors (Lipinski definition) is 0. The Morgan fingerprint density at radius 1 is 1.17 bits per heavy atom. The number of hydrogen-bond acceptors (Lipinski definition) is 6. The summed E-state index contributed by atoms with van der Waals surface area (Å²) >= 11 is 0. The maximum atomic E-state index is 11.4. The number of pyridine rings is 1. The highest BCUT2D eigenvalue weighted by Crippen LogP contribution is 2.26. The van der Waals surface area contributed by atoms with Crippen LogP contribution in [0.3, 0.4) is 0 Å². The zero-order chi connectivity index (χ0) is 32.8. The molecular weight excluding hydrogens is 512 g/mol. The molecule has 0 radical (unpaired) electrons. The highest BCUT2D eigenvalue weighted by Gasteiger charge is 2.20. The lowest BCUT2D eigenvalue weighted by molar-refractivity contribution is -0.119. The van der Waals surface area contributed by atoms with Crippen molar-refractivity contribution in [3.8, 4) is 18.6 Å². The van der Waals surface area contributed by atoms with Crippen LogP contribution < -0.4 is 9.64 Å². The molecule has 1 unspecified atom stereocenters. The topological polar surface area (TPSA) is 84.2 Å².